The zero-order valence-electron chi connectivity index (χ0n) is 18.1. The molecular weight excluding hydrogens is 438 g/mol. The fourth-order valence-corrected chi connectivity index (χ4v) is 4.11. The quantitative estimate of drug-likeness (QED) is 0.295. The fraction of sp³-hybridized carbons (Fsp3) is 0.115. The van der Waals surface area contributed by atoms with Crippen molar-refractivity contribution in [3.05, 3.63) is 101 Å². The van der Waals surface area contributed by atoms with E-state index >= 15 is 0 Å². The van der Waals surface area contributed by atoms with Gasteiger partial charge >= 0.3 is 0 Å². The van der Waals surface area contributed by atoms with Gasteiger partial charge in [-0.05, 0) is 61.0 Å². The summed E-state index contributed by atoms with van der Waals surface area (Å²) in [5.41, 5.74) is 3.43. The molecule has 0 fully saturated rings. The van der Waals surface area contributed by atoms with E-state index in [-0.39, 0.29) is 11.5 Å². The maximum absolute atomic E-state index is 13.6. The number of rotatable bonds is 6. The number of nitrogens with zero attached hydrogens (tertiary/aromatic N) is 3. The summed E-state index contributed by atoms with van der Waals surface area (Å²) in [6.45, 7) is 2.54. The summed E-state index contributed by atoms with van der Waals surface area (Å²) < 4.78 is 13.4. The van der Waals surface area contributed by atoms with Gasteiger partial charge in [0.05, 0.1) is 12.7 Å². The molecule has 33 heavy (non-hydrogen) atoms. The molecule has 0 amide bonds. The molecule has 0 aliphatic rings. The van der Waals surface area contributed by atoms with Gasteiger partial charge in [0.25, 0.3) is 0 Å². The van der Waals surface area contributed by atoms with Gasteiger partial charge in [0.2, 0.25) is 5.78 Å². The highest BCUT2D eigenvalue weighted by Crippen LogP contribution is 2.33. The van der Waals surface area contributed by atoms with Crippen molar-refractivity contribution in [3.63, 3.8) is 0 Å². The van der Waals surface area contributed by atoms with Crippen LogP contribution in [0.1, 0.15) is 27.4 Å². The highest BCUT2D eigenvalue weighted by molar-refractivity contribution is 6.30. The number of halogens is 1. The van der Waals surface area contributed by atoms with Crippen LogP contribution in [0, 0.1) is 6.92 Å². The van der Waals surface area contributed by atoms with Crippen molar-refractivity contribution in [2.24, 2.45) is 0 Å². The number of furan rings is 1. The third-order valence-electron chi connectivity index (χ3n) is 5.63. The molecule has 0 unspecified atom stereocenters. The van der Waals surface area contributed by atoms with Crippen LogP contribution >= 0.6 is 11.6 Å². The summed E-state index contributed by atoms with van der Waals surface area (Å²) in [6.07, 6.45) is 3.26. The molecule has 0 bridgehead atoms. The standard InChI is InChI=1S/C26H20ClN3O3/c1-16-24(25(31)22-10-11-23(33-22)26-28-12-3-13-29-26)20-14-19(32-2)8-9-21(20)30(16)15-17-4-6-18(27)7-5-17/h3-14H,15H2,1-2H3. The maximum atomic E-state index is 13.6. The largest absolute Gasteiger partial charge is 0.497 e. The van der Waals surface area contributed by atoms with E-state index in [4.69, 9.17) is 20.8 Å². The van der Waals surface area contributed by atoms with Gasteiger partial charge in [-0.2, -0.15) is 0 Å². The minimum Gasteiger partial charge on any atom is -0.497 e. The molecule has 2 aromatic carbocycles. The van der Waals surface area contributed by atoms with Crippen LogP contribution in [0.25, 0.3) is 22.5 Å². The SMILES string of the molecule is COc1ccc2c(c1)c(C(=O)c1ccc(-c3ncccn3)o1)c(C)n2Cc1ccc(Cl)cc1. The fourth-order valence-electron chi connectivity index (χ4n) is 3.98. The van der Waals surface area contributed by atoms with Gasteiger partial charge in [-0.15, -0.1) is 0 Å². The number of methoxy groups -OCH3 is 1. The van der Waals surface area contributed by atoms with Crippen LogP contribution < -0.4 is 4.74 Å². The predicted molar refractivity (Wildman–Crippen MR) is 127 cm³/mol. The van der Waals surface area contributed by atoms with Crippen molar-refractivity contribution in [1.29, 1.82) is 0 Å². The van der Waals surface area contributed by atoms with Crippen molar-refractivity contribution < 1.29 is 13.9 Å². The Morgan fingerprint density at radius 3 is 2.55 bits per heavy atom. The van der Waals surface area contributed by atoms with Crippen LogP contribution in [0.5, 0.6) is 5.75 Å². The van der Waals surface area contributed by atoms with Gasteiger partial charge < -0.3 is 13.7 Å². The smallest absolute Gasteiger partial charge is 0.230 e. The molecule has 6 nitrogen and oxygen atoms in total. The lowest BCUT2D eigenvalue weighted by atomic mass is 10.0. The van der Waals surface area contributed by atoms with Crippen molar-refractivity contribution in [2.45, 2.75) is 13.5 Å². The Morgan fingerprint density at radius 1 is 1.06 bits per heavy atom. The monoisotopic (exact) mass is 457 g/mol. The Morgan fingerprint density at radius 2 is 1.82 bits per heavy atom. The molecule has 0 atom stereocenters. The van der Waals surface area contributed by atoms with Crippen LogP contribution in [0.2, 0.25) is 5.02 Å². The number of carbonyl (C=O) groups is 1. The zero-order valence-corrected chi connectivity index (χ0v) is 18.8. The number of carbonyl (C=O) groups excluding carboxylic acids is 1. The van der Waals surface area contributed by atoms with Gasteiger partial charge in [-0.25, -0.2) is 9.97 Å². The number of hydrogen-bond acceptors (Lipinski definition) is 5. The van der Waals surface area contributed by atoms with Crippen molar-refractivity contribution in [1.82, 2.24) is 14.5 Å². The highest BCUT2D eigenvalue weighted by atomic mass is 35.5. The summed E-state index contributed by atoms with van der Waals surface area (Å²) in [5, 5.41) is 1.49. The molecule has 3 aromatic heterocycles. The first-order chi connectivity index (χ1) is 16.0. The molecule has 5 aromatic rings. The first-order valence-electron chi connectivity index (χ1n) is 10.4. The Bertz CT molecular complexity index is 1450. The van der Waals surface area contributed by atoms with Gasteiger partial charge in [0.15, 0.2) is 17.3 Å². The second-order valence-electron chi connectivity index (χ2n) is 7.62. The molecule has 0 aliphatic heterocycles. The van der Waals surface area contributed by atoms with E-state index in [1.54, 1.807) is 37.7 Å². The Labute approximate surface area is 195 Å². The van der Waals surface area contributed by atoms with Crippen LogP contribution in [0.3, 0.4) is 0 Å². The number of benzene rings is 2. The predicted octanol–water partition coefficient (Wildman–Crippen LogP) is 5.94. The average Bonchev–Trinajstić information content (AvgIpc) is 3.44. The maximum Gasteiger partial charge on any atom is 0.230 e. The second-order valence-corrected chi connectivity index (χ2v) is 8.06. The van der Waals surface area contributed by atoms with Crippen LogP contribution in [-0.2, 0) is 6.54 Å². The lowest BCUT2D eigenvalue weighted by Crippen LogP contribution is -2.05. The van der Waals surface area contributed by atoms with E-state index in [1.165, 1.54) is 0 Å². The normalized spacial score (nSPS) is 11.1. The Hall–Kier alpha value is -3.90. The molecule has 5 rings (SSSR count). The van der Waals surface area contributed by atoms with Gasteiger partial charge in [-0.1, -0.05) is 23.7 Å². The molecular formula is C26H20ClN3O3. The van der Waals surface area contributed by atoms with E-state index in [0.717, 1.165) is 22.2 Å². The summed E-state index contributed by atoms with van der Waals surface area (Å²) in [5.74, 6) is 1.58. The van der Waals surface area contributed by atoms with E-state index in [1.807, 2.05) is 49.4 Å². The minimum atomic E-state index is -0.206. The summed E-state index contributed by atoms with van der Waals surface area (Å²) >= 11 is 6.05. The highest BCUT2D eigenvalue weighted by Gasteiger charge is 2.24. The van der Waals surface area contributed by atoms with Crippen LogP contribution in [-0.4, -0.2) is 27.4 Å². The topological polar surface area (TPSA) is 70.2 Å². The molecule has 0 saturated heterocycles. The van der Waals surface area contributed by atoms with Crippen molar-refractivity contribution in [2.75, 3.05) is 7.11 Å². The first kappa shape index (κ1) is 21.0. The molecule has 0 N–H and O–H groups in total. The van der Waals surface area contributed by atoms with Crippen LogP contribution in [0.4, 0.5) is 0 Å². The molecule has 0 radical (unpaired) electrons. The second kappa shape index (κ2) is 8.56. The summed E-state index contributed by atoms with van der Waals surface area (Å²) in [6, 6.07) is 18.6. The average molecular weight is 458 g/mol. The number of hydrogen-bond donors (Lipinski definition) is 0. The number of fused-ring (bicyclic) bond motifs is 1. The third kappa shape index (κ3) is 3.90. The van der Waals surface area contributed by atoms with Gasteiger partial charge in [0, 0.05) is 40.6 Å². The Kier molecular flexibility index (Phi) is 5.44. The van der Waals surface area contributed by atoms with Crippen molar-refractivity contribution >= 4 is 28.3 Å². The molecule has 0 spiro atoms. The first-order valence-corrected chi connectivity index (χ1v) is 10.8. The number of aromatic nitrogens is 3. The number of ketones is 1. The van der Waals surface area contributed by atoms with Crippen molar-refractivity contribution in [3.8, 4) is 17.3 Å². The molecule has 164 valence electrons. The third-order valence-corrected chi connectivity index (χ3v) is 5.88. The van der Waals surface area contributed by atoms with E-state index < -0.39 is 0 Å². The van der Waals surface area contributed by atoms with Gasteiger partial charge in [0.1, 0.15) is 5.75 Å². The molecule has 7 heteroatoms. The van der Waals surface area contributed by atoms with Gasteiger partial charge in [-0.3, -0.25) is 4.79 Å². The van der Waals surface area contributed by atoms with E-state index in [9.17, 15) is 4.79 Å². The lowest BCUT2D eigenvalue weighted by Gasteiger charge is -2.09. The molecule has 0 saturated carbocycles. The zero-order chi connectivity index (χ0) is 22.9. The van der Waals surface area contributed by atoms with E-state index in [2.05, 4.69) is 14.5 Å². The molecule has 3 heterocycles. The van der Waals surface area contributed by atoms with E-state index in [0.29, 0.717) is 34.5 Å². The van der Waals surface area contributed by atoms with Crippen LogP contribution in [0.15, 0.2) is 77.5 Å². The Balaban J connectivity index is 1.61. The summed E-state index contributed by atoms with van der Waals surface area (Å²) in [7, 11) is 1.61. The lowest BCUT2D eigenvalue weighted by molar-refractivity contribution is 0.101. The minimum absolute atomic E-state index is 0.206. The number of ether oxygens (including phenoxy) is 1. The molecule has 0 aliphatic carbocycles. The summed E-state index contributed by atoms with van der Waals surface area (Å²) in [4.78, 5) is 22.0.